The van der Waals surface area contributed by atoms with Gasteiger partial charge in [0.2, 0.25) is 0 Å². The number of halogens is 2. The van der Waals surface area contributed by atoms with E-state index in [1.54, 1.807) is 0 Å². The van der Waals surface area contributed by atoms with Crippen molar-refractivity contribution < 1.29 is 8.78 Å². The number of hydrogen-bond donors (Lipinski definition) is 1. The van der Waals surface area contributed by atoms with E-state index in [0.29, 0.717) is 13.1 Å². The molecule has 0 amide bonds. The van der Waals surface area contributed by atoms with Crippen molar-refractivity contribution in [2.45, 2.75) is 12.8 Å². The van der Waals surface area contributed by atoms with Gasteiger partial charge in [0.15, 0.2) is 0 Å². The number of hydrogen-bond acceptors (Lipinski definition) is 2. The van der Waals surface area contributed by atoms with E-state index in [2.05, 4.69) is 10.3 Å². The maximum absolute atomic E-state index is 12.6. The van der Waals surface area contributed by atoms with Crippen LogP contribution < -0.4 is 5.32 Å². The average Bonchev–Trinajstić information content (AvgIpc) is 2.10. The summed E-state index contributed by atoms with van der Waals surface area (Å²) in [5.41, 5.74) is -0.150. The molecule has 0 aliphatic carbocycles. The standard InChI is InChI=1S/C7H10F2N2/c1-7(8,9)6-2-3-10-4-5-11-6/h2-3,10H,4-5H2,1H3. The van der Waals surface area contributed by atoms with Crippen LogP contribution in [-0.2, 0) is 0 Å². The molecule has 0 aromatic heterocycles. The Hall–Kier alpha value is -0.930. The van der Waals surface area contributed by atoms with Crippen LogP contribution in [0.15, 0.2) is 17.3 Å². The molecule has 4 heteroatoms. The van der Waals surface area contributed by atoms with Crippen LogP contribution in [0.25, 0.3) is 0 Å². The molecule has 0 spiro atoms. The van der Waals surface area contributed by atoms with Crippen molar-refractivity contribution in [2.24, 2.45) is 4.99 Å². The molecule has 0 unspecified atom stereocenters. The van der Waals surface area contributed by atoms with Crippen LogP contribution in [0.3, 0.4) is 0 Å². The Morgan fingerprint density at radius 2 is 2.36 bits per heavy atom. The summed E-state index contributed by atoms with van der Waals surface area (Å²) >= 11 is 0. The topological polar surface area (TPSA) is 24.4 Å². The zero-order chi connectivity index (χ0) is 8.32. The van der Waals surface area contributed by atoms with E-state index in [9.17, 15) is 8.78 Å². The first-order chi connectivity index (χ1) is 5.11. The molecular formula is C7H10F2N2. The Bertz CT molecular complexity index is 191. The van der Waals surface area contributed by atoms with Gasteiger partial charge in [0.1, 0.15) is 5.71 Å². The van der Waals surface area contributed by atoms with E-state index >= 15 is 0 Å². The van der Waals surface area contributed by atoms with Crippen molar-refractivity contribution in [3.63, 3.8) is 0 Å². The highest BCUT2D eigenvalue weighted by molar-refractivity contribution is 6.00. The molecule has 0 radical (unpaired) electrons. The number of nitrogens with one attached hydrogen (secondary N) is 1. The van der Waals surface area contributed by atoms with E-state index in [4.69, 9.17) is 0 Å². The summed E-state index contributed by atoms with van der Waals surface area (Å²) in [4.78, 5) is 3.71. The van der Waals surface area contributed by atoms with Gasteiger partial charge in [-0.2, -0.15) is 8.78 Å². The first-order valence-corrected chi connectivity index (χ1v) is 3.43. The molecule has 1 aliphatic rings. The maximum Gasteiger partial charge on any atom is 0.286 e. The molecule has 0 saturated heterocycles. The van der Waals surface area contributed by atoms with Crippen LogP contribution in [0.2, 0.25) is 0 Å². The number of rotatable bonds is 1. The average molecular weight is 160 g/mol. The van der Waals surface area contributed by atoms with Gasteiger partial charge in [0, 0.05) is 13.5 Å². The maximum atomic E-state index is 12.6. The first kappa shape index (κ1) is 8.17. The summed E-state index contributed by atoms with van der Waals surface area (Å²) in [6.07, 6.45) is 2.82. The van der Waals surface area contributed by atoms with Crippen molar-refractivity contribution >= 4 is 5.71 Å². The fourth-order valence-electron chi connectivity index (χ4n) is 0.800. The quantitative estimate of drug-likeness (QED) is 0.612. The van der Waals surface area contributed by atoms with Gasteiger partial charge >= 0.3 is 0 Å². The van der Waals surface area contributed by atoms with Gasteiger partial charge in [-0.05, 0) is 12.3 Å². The second kappa shape index (κ2) is 2.98. The van der Waals surface area contributed by atoms with Crippen molar-refractivity contribution in [1.29, 1.82) is 0 Å². The van der Waals surface area contributed by atoms with E-state index in [1.807, 2.05) is 0 Å². The van der Waals surface area contributed by atoms with Crippen LogP contribution >= 0.6 is 0 Å². The minimum atomic E-state index is -2.82. The first-order valence-electron chi connectivity index (χ1n) is 3.43. The molecule has 2 nitrogen and oxygen atoms in total. The molecule has 11 heavy (non-hydrogen) atoms. The number of nitrogens with zero attached hydrogens (tertiary/aromatic N) is 1. The third-order valence-electron chi connectivity index (χ3n) is 1.35. The van der Waals surface area contributed by atoms with Gasteiger partial charge in [-0.25, -0.2) is 0 Å². The summed E-state index contributed by atoms with van der Waals surface area (Å²) in [6.45, 7) is 1.88. The molecule has 0 bridgehead atoms. The second-order valence-electron chi connectivity index (χ2n) is 2.44. The summed E-state index contributed by atoms with van der Waals surface area (Å²) in [5.74, 6) is -2.82. The Balaban J connectivity index is 2.75. The van der Waals surface area contributed by atoms with E-state index in [-0.39, 0.29) is 5.71 Å². The summed E-state index contributed by atoms with van der Waals surface area (Å²) in [6, 6.07) is 0. The minimum absolute atomic E-state index is 0.150. The van der Waals surface area contributed by atoms with E-state index < -0.39 is 5.92 Å². The zero-order valence-electron chi connectivity index (χ0n) is 6.27. The number of aliphatic imine (C=N–C) groups is 1. The minimum Gasteiger partial charge on any atom is -0.389 e. The highest BCUT2D eigenvalue weighted by Gasteiger charge is 2.27. The lowest BCUT2D eigenvalue weighted by Gasteiger charge is -2.08. The van der Waals surface area contributed by atoms with E-state index in [0.717, 1.165) is 6.92 Å². The molecule has 1 rings (SSSR count). The monoisotopic (exact) mass is 160 g/mol. The number of allylic oxidation sites excluding steroid dienone is 1. The van der Waals surface area contributed by atoms with Crippen LogP contribution in [0, 0.1) is 0 Å². The van der Waals surface area contributed by atoms with Gasteiger partial charge in [-0.3, -0.25) is 4.99 Å². The van der Waals surface area contributed by atoms with Crippen LogP contribution in [0.1, 0.15) is 6.92 Å². The fraction of sp³-hybridized carbons (Fsp3) is 0.571. The van der Waals surface area contributed by atoms with Crippen molar-refractivity contribution in [1.82, 2.24) is 5.32 Å². The lowest BCUT2D eigenvalue weighted by atomic mass is 10.2. The van der Waals surface area contributed by atoms with Crippen molar-refractivity contribution in [3.05, 3.63) is 12.3 Å². The molecule has 1 N–H and O–H groups in total. The zero-order valence-corrected chi connectivity index (χ0v) is 6.27. The van der Waals surface area contributed by atoms with E-state index in [1.165, 1.54) is 12.3 Å². The Labute approximate surface area is 64.0 Å². The summed E-state index contributed by atoms with van der Waals surface area (Å²) in [7, 11) is 0. The molecule has 0 fully saturated rings. The highest BCUT2D eigenvalue weighted by Crippen LogP contribution is 2.15. The van der Waals surface area contributed by atoms with Gasteiger partial charge in [0.05, 0.1) is 6.54 Å². The largest absolute Gasteiger partial charge is 0.389 e. The molecule has 0 aromatic rings. The highest BCUT2D eigenvalue weighted by atomic mass is 19.3. The summed E-state index contributed by atoms with van der Waals surface area (Å²) in [5, 5.41) is 2.82. The fourth-order valence-corrected chi connectivity index (χ4v) is 0.800. The Kier molecular flexibility index (Phi) is 2.22. The van der Waals surface area contributed by atoms with Gasteiger partial charge in [-0.15, -0.1) is 0 Å². The predicted molar refractivity (Wildman–Crippen MR) is 40.1 cm³/mol. The molecule has 1 heterocycles. The normalized spacial score (nSPS) is 18.6. The smallest absolute Gasteiger partial charge is 0.286 e. The van der Waals surface area contributed by atoms with Crippen LogP contribution in [0.5, 0.6) is 0 Å². The van der Waals surface area contributed by atoms with Gasteiger partial charge in [-0.1, -0.05) is 0 Å². The van der Waals surface area contributed by atoms with Crippen molar-refractivity contribution in [2.75, 3.05) is 13.1 Å². The van der Waals surface area contributed by atoms with Crippen molar-refractivity contribution in [3.8, 4) is 0 Å². The van der Waals surface area contributed by atoms with Gasteiger partial charge in [0.25, 0.3) is 5.92 Å². The third kappa shape index (κ3) is 2.29. The second-order valence-corrected chi connectivity index (χ2v) is 2.44. The van der Waals surface area contributed by atoms with Gasteiger partial charge < -0.3 is 5.32 Å². The molecule has 0 aromatic carbocycles. The lowest BCUT2D eigenvalue weighted by molar-refractivity contribution is 0.101. The Morgan fingerprint density at radius 1 is 1.64 bits per heavy atom. The molecule has 0 saturated carbocycles. The molecule has 62 valence electrons. The number of alkyl halides is 2. The Morgan fingerprint density at radius 3 is 3.00 bits per heavy atom. The van der Waals surface area contributed by atoms with Crippen LogP contribution in [0.4, 0.5) is 8.78 Å². The third-order valence-corrected chi connectivity index (χ3v) is 1.35. The lowest BCUT2D eigenvalue weighted by Crippen LogP contribution is -2.22. The molecule has 1 aliphatic heterocycles. The van der Waals surface area contributed by atoms with Crippen LogP contribution in [-0.4, -0.2) is 24.7 Å². The molecule has 0 atom stereocenters. The summed E-state index contributed by atoms with van der Waals surface area (Å²) < 4.78 is 25.2. The SMILES string of the molecule is CC(F)(F)C1=NCCNC=C1. The predicted octanol–water partition coefficient (Wildman–Crippen LogP) is 1.20. The molecular weight excluding hydrogens is 150 g/mol.